The third-order valence-electron chi connectivity index (χ3n) is 3.28. The van der Waals surface area contributed by atoms with E-state index in [-0.39, 0.29) is 17.8 Å². The normalized spacial score (nSPS) is 24.4. The van der Waals surface area contributed by atoms with Gasteiger partial charge in [0.2, 0.25) is 0 Å². The second kappa shape index (κ2) is 5.52. The lowest BCUT2D eigenvalue weighted by molar-refractivity contribution is -0.146. The van der Waals surface area contributed by atoms with E-state index in [0.717, 1.165) is 23.6 Å². The molecule has 1 aliphatic rings. The van der Waals surface area contributed by atoms with E-state index in [1.54, 1.807) is 0 Å². The van der Waals surface area contributed by atoms with Crippen LogP contribution in [0, 0.1) is 5.92 Å². The molecule has 2 rings (SSSR count). The second-order valence-electron chi connectivity index (χ2n) is 4.28. The summed E-state index contributed by atoms with van der Waals surface area (Å²) < 4.78 is 4.86. The lowest BCUT2D eigenvalue weighted by Crippen LogP contribution is -2.40. The van der Waals surface area contributed by atoms with Gasteiger partial charge < -0.3 is 10.1 Å². The van der Waals surface area contributed by atoms with Crippen molar-refractivity contribution >= 4 is 17.6 Å². The van der Waals surface area contributed by atoms with Crippen molar-refractivity contribution in [3.63, 3.8) is 0 Å². The van der Waals surface area contributed by atoms with Gasteiger partial charge in [0.25, 0.3) is 0 Å². The van der Waals surface area contributed by atoms with E-state index in [1.165, 1.54) is 7.11 Å². The molecule has 17 heavy (non-hydrogen) atoms. The van der Waals surface area contributed by atoms with Crippen molar-refractivity contribution in [3.8, 4) is 0 Å². The predicted octanol–water partition coefficient (Wildman–Crippen LogP) is 2.21. The highest BCUT2D eigenvalue weighted by Crippen LogP contribution is 2.31. The quantitative estimate of drug-likeness (QED) is 0.822. The van der Waals surface area contributed by atoms with Gasteiger partial charge >= 0.3 is 5.97 Å². The largest absolute Gasteiger partial charge is 0.469 e. The van der Waals surface area contributed by atoms with Crippen molar-refractivity contribution in [3.05, 3.63) is 34.9 Å². The monoisotopic (exact) mass is 253 g/mol. The Balaban J connectivity index is 2.21. The molecule has 0 radical (unpaired) electrons. The molecule has 1 aliphatic heterocycles. The molecule has 0 bridgehead atoms. The number of hydrogen-bond acceptors (Lipinski definition) is 3. The molecule has 0 saturated carbocycles. The molecular formula is C13H16ClNO2. The summed E-state index contributed by atoms with van der Waals surface area (Å²) in [4.78, 5) is 11.7. The summed E-state index contributed by atoms with van der Waals surface area (Å²) in [5.74, 6) is -0.0203. The minimum Gasteiger partial charge on any atom is -0.469 e. The summed E-state index contributed by atoms with van der Waals surface area (Å²) in [6.07, 6.45) is 0.946. The number of benzene rings is 1. The van der Waals surface area contributed by atoms with Crippen LogP contribution >= 0.6 is 11.6 Å². The molecule has 0 amide bonds. The molecule has 2 atom stereocenters. The fraction of sp³-hybridized carbons (Fsp3) is 0.462. The zero-order chi connectivity index (χ0) is 12.3. The molecule has 4 heteroatoms. The van der Waals surface area contributed by atoms with Crippen molar-refractivity contribution in [1.82, 2.24) is 5.32 Å². The molecule has 1 saturated heterocycles. The van der Waals surface area contributed by atoms with Crippen LogP contribution in [0.2, 0.25) is 5.02 Å². The number of rotatable bonds is 2. The first-order valence-corrected chi connectivity index (χ1v) is 6.14. The molecule has 0 aliphatic carbocycles. The number of methoxy groups -OCH3 is 1. The van der Waals surface area contributed by atoms with E-state index in [2.05, 4.69) is 5.32 Å². The molecule has 1 heterocycles. The van der Waals surface area contributed by atoms with Crippen LogP contribution in [0.3, 0.4) is 0 Å². The Bertz CT molecular complexity index is 391. The Morgan fingerprint density at radius 1 is 1.41 bits per heavy atom. The molecule has 1 N–H and O–H groups in total. The minimum absolute atomic E-state index is 0.102. The van der Waals surface area contributed by atoms with Gasteiger partial charge in [-0.1, -0.05) is 23.7 Å². The molecular weight excluding hydrogens is 238 g/mol. The number of piperidine rings is 1. The first-order valence-electron chi connectivity index (χ1n) is 5.76. The summed E-state index contributed by atoms with van der Waals surface area (Å²) in [6.45, 7) is 1.61. The predicted molar refractivity (Wildman–Crippen MR) is 67.2 cm³/mol. The molecule has 1 aromatic carbocycles. The minimum atomic E-state index is -0.142. The summed E-state index contributed by atoms with van der Waals surface area (Å²) in [5, 5.41) is 3.95. The zero-order valence-corrected chi connectivity index (χ0v) is 10.5. The van der Waals surface area contributed by atoms with Crippen LogP contribution in [-0.2, 0) is 9.53 Å². The highest BCUT2D eigenvalue weighted by molar-refractivity contribution is 6.30. The summed E-state index contributed by atoms with van der Waals surface area (Å²) in [6, 6.07) is 7.73. The van der Waals surface area contributed by atoms with Crippen molar-refractivity contribution in [2.24, 2.45) is 5.92 Å². The zero-order valence-electron chi connectivity index (χ0n) is 9.78. The van der Waals surface area contributed by atoms with Gasteiger partial charge in [0.1, 0.15) is 0 Å². The average molecular weight is 254 g/mol. The number of hydrogen-bond donors (Lipinski definition) is 1. The van der Waals surface area contributed by atoms with E-state index in [9.17, 15) is 4.79 Å². The fourth-order valence-electron chi connectivity index (χ4n) is 2.37. The number of nitrogens with one attached hydrogen (secondary N) is 1. The number of esters is 1. The molecule has 0 spiro atoms. The third-order valence-corrected chi connectivity index (χ3v) is 3.54. The maximum Gasteiger partial charge on any atom is 0.310 e. The number of carbonyl (C=O) groups is 1. The molecule has 1 aromatic rings. The Hall–Kier alpha value is -1.06. The summed E-state index contributed by atoms with van der Waals surface area (Å²) in [5.41, 5.74) is 1.16. The van der Waals surface area contributed by atoms with Crippen LogP contribution in [-0.4, -0.2) is 26.2 Å². The maximum atomic E-state index is 11.7. The van der Waals surface area contributed by atoms with E-state index in [1.807, 2.05) is 24.3 Å². The Labute approximate surface area is 106 Å². The summed E-state index contributed by atoms with van der Waals surface area (Å²) in [7, 11) is 1.44. The van der Waals surface area contributed by atoms with Gasteiger partial charge in [-0.25, -0.2) is 0 Å². The van der Waals surface area contributed by atoms with Crippen molar-refractivity contribution in [2.45, 2.75) is 12.3 Å². The van der Waals surface area contributed by atoms with Gasteiger partial charge in [-0.2, -0.15) is 0 Å². The Morgan fingerprint density at radius 3 is 2.76 bits per heavy atom. The van der Waals surface area contributed by atoms with Crippen molar-refractivity contribution < 1.29 is 9.53 Å². The van der Waals surface area contributed by atoms with Gasteiger partial charge in [-0.15, -0.1) is 0 Å². The average Bonchev–Trinajstić information content (AvgIpc) is 2.39. The highest BCUT2D eigenvalue weighted by Gasteiger charge is 2.32. The standard InChI is InChI=1S/C13H16ClNO2/c1-17-13(16)12-8-15-7-6-11(12)9-2-4-10(14)5-3-9/h2-5,11-12,15H,6-8H2,1H3/t11-,12-/m0/s1. The van der Waals surface area contributed by atoms with Gasteiger partial charge in [0.15, 0.2) is 0 Å². The Morgan fingerprint density at radius 2 is 2.12 bits per heavy atom. The fourth-order valence-corrected chi connectivity index (χ4v) is 2.49. The molecule has 1 fully saturated rings. The third kappa shape index (κ3) is 2.79. The van der Waals surface area contributed by atoms with Gasteiger partial charge in [-0.05, 0) is 36.6 Å². The Kier molecular flexibility index (Phi) is 4.02. The second-order valence-corrected chi connectivity index (χ2v) is 4.72. The number of ether oxygens (including phenoxy) is 1. The van der Waals surface area contributed by atoms with Crippen molar-refractivity contribution in [1.29, 1.82) is 0 Å². The molecule has 0 unspecified atom stereocenters. The van der Waals surface area contributed by atoms with Crippen LogP contribution < -0.4 is 5.32 Å². The van der Waals surface area contributed by atoms with E-state index in [4.69, 9.17) is 16.3 Å². The van der Waals surface area contributed by atoms with Gasteiger partial charge in [0.05, 0.1) is 13.0 Å². The molecule has 3 nitrogen and oxygen atoms in total. The maximum absolute atomic E-state index is 11.7. The lowest BCUT2D eigenvalue weighted by atomic mass is 9.81. The van der Waals surface area contributed by atoms with Gasteiger partial charge in [-0.3, -0.25) is 4.79 Å². The van der Waals surface area contributed by atoms with Crippen LogP contribution in [0.1, 0.15) is 17.9 Å². The lowest BCUT2D eigenvalue weighted by Gasteiger charge is -2.30. The smallest absolute Gasteiger partial charge is 0.310 e. The van der Waals surface area contributed by atoms with Crippen LogP contribution in [0.15, 0.2) is 24.3 Å². The topological polar surface area (TPSA) is 38.3 Å². The van der Waals surface area contributed by atoms with Crippen LogP contribution in [0.25, 0.3) is 0 Å². The first kappa shape index (κ1) is 12.4. The molecule has 0 aromatic heterocycles. The van der Waals surface area contributed by atoms with Crippen molar-refractivity contribution in [2.75, 3.05) is 20.2 Å². The first-order chi connectivity index (χ1) is 8.22. The molecule has 92 valence electrons. The number of carbonyl (C=O) groups excluding carboxylic acids is 1. The highest BCUT2D eigenvalue weighted by atomic mass is 35.5. The summed E-state index contributed by atoms with van der Waals surface area (Å²) >= 11 is 5.87. The SMILES string of the molecule is COC(=O)[C@H]1CNCC[C@H]1c1ccc(Cl)cc1. The van der Waals surface area contributed by atoms with E-state index >= 15 is 0 Å². The van der Waals surface area contributed by atoms with E-state index < -0.39 is 0 Å². The van der Waals surface area contributed by atoms with Crippen LogP contribution in [0.5, 0.6) is 0 Å². The van der Waals surface area contributed by atoms with E-state index in [0.29, 0.717) is 6.54 Å². The van der Waals surface area contributed by atoms with Gasteiger partial charge in [0, 0.05) is 11.6 Å². The number of halogens is 1. The van der Waals surface area contributed by atoms with Crippen LogP contribution in [0.4, 0.5) is 0 Å².